The van der Waals surface area contributed by atoms with E-state index in [2.05, 4.69) is 15.5 Å². The summed E-state index contributed by atoms with van der Waals surface area (Å²) in [6, 6.07) is 0. The first-order valence-corrected chi connectivity index (χ1v) is 1.79. The first-order valence-electron chi connectivity index (χ1n) is 1.79. The molecular formula is C2H3N3O3. The van der Waals surface area contributed by atoms with E-state index in [-0.39, 0.29) is 0 Å². The molecule has 0 N–H and O–H groups in total. The van der Waals surface area contributed by atoms with Crippen LogP contribution in [0, 0.1) is 14.7 Å². The fraction of sp³-hybridized carbons (Fsp3) is 1.00. The standard InChI is InChI=1S/C2H3N3O3/c6-3-1-2(4-7)5-8/h2H,1H2. The van der Waals surface area contributed by atoms with Gasteiger partial charge in [0, 0.05) is 0 Å². The molecule has 0 unspecified atom stereocenters. The zero-order valence-electron chi connectivity index (χ0n) is 3.85. The van der Waals surface area contributed by atoms with Crippen LogP contribution in [-0.4, -0.2) is 12.7 Å². The fourth-order valence-electron chi connectivity index (χ4n) is 0.153. The van der Waals surface area contributed by atoms with Crippen molar-refractivity contribution in [2.75, 3.05) is 6.54 Å². The topological polar surface area (TPSA) is 88.3 Å². The van der Waals surface area contributed by atoms with Crippen molar-refractivity contribution < 1.29 is 0 Å². The second-order valence-corrected chi connectivity index (χ2v) is 1.00. The normalized spacial score (nSPS) is 8.62. The third-order valence-electron chi connectivity index (χ3n) is 0.481. The van der Waals surface area contributed by atoms with E-state index >= 15 is 0 Å². The maximum atomic E-state index is 9.38. The number of hydrogen-bond acceptors (Lipinski definition) is 6. The van der Waals surface area contributed by atoms with Gasteiger partial charge in [0.1, 0.15) is 6.54 Å². The Kier molecular flexibility index (Phi) is 3.38. The highest BCUT2D eigenvalue weighted by Gasteiger charge is 2.05. The summed E-state index contributed by atoms with van der Waals surface area (Å²) in [7, 11) is 0. The summed E-state index contributed by atoms with van der Waals surface area (Å²) in [5.74, 6) is 0. The summed E-state index contributed by atoms with van der Waals surface area (Å²) in [5.41, 5.74) is 0. The van der Waals surface area contributed by atoms with Crippen molar-refractivity contribution in [3.8, 4) is 0 Å². The van der Waals surface area contributed by atoms with E-state index in [9.17, 15) is 14.7 Å². The molecule has 44 valence electrons. The first kappa shape index (κ1) is 6.80. The predicted molar refractivity (Wildman–Crippen MR) is 26.0 cm³/mol. The maximum Gasteiger partial charge on any atom is 0.245 e. The van der Waals surface area contributed by atoms with Gasteiger partial charge < -0.3 is 0 Å². The second kappa shape index (κ2) is 3.97. The minimum atomic E-state index is -1.34. The molecule has 0 fully saturated rings. The third kappa shape index (κ3) is 2.06. The van der Waals surface area contributed by atoms with Gasteiger partial charge in [0.2, 0.25) is 6.17 Å². The lowest BCUT2D eigenvalue weighted by molar-refractivity contribution is 0.709. The van der Waals surface area contributed by atoms with Crippen molar-refractivity contribution in [2.24, 2.45) is 15.5 Å². The molecular weight excluding hydrogens is 114 g/mol. The fourth-order valence-corrected chi connectivity index (χ4v) is 0.153. The van der Waals surface area contributed by atoms with Crippen molar-refractivity contribution >= 4 is 0 Å². The van der Waals surface area contributed by atoms with Gasteiger partial charge in [-0.1, -0.05) is 5.18 Å². The molecule has 0 spiro atoms. The van der Waals surface area contributed by atoms with Crippen LogP contribution >= 0.6 is 0 Å². The Morgan fingerprint density at radius 2 is 1.62 bits per heavy atom. The van der Waals surface area contributed by atoms with Gasteiger partial charge in [0.05, 0.1) is 0 Å². The van der Waals surface area contributed by atoms with Gasteiger partial charge in [-0.25, -0.2) is 0 Å². The Morgan fingerprint density at radius 1 is 1.12 bits per heavy atom. The van der Waals surface area contributed by atoms with Crippen LogP contribution in [0.4, 0.5) is 0 Å². The molecule has 0 atom stereocenters. The van der Waals surface area contributed by atoms with Gasteiger partial charge in [0.15, 0.2) is 0 Å². The molecule has 0 saturated heterocycles. The summed E-state index contributed by atoms with van der Waals surface area (Å²) in [6.45, 7) is -0.465. The summed E-state index contributed by atoms with van der Waals surface area (Å²) in [5, 5.41) is 6.59. The highest BCUT2D eigenvalue weighted by atomic mass is 16.3. The third-order valence-corrected chi connectivity index (χ3v) is 0.481. The van der Waals surface area contributed by atoms with E-state index in [1.807, 2.05) is 0 Å². The predicted octanol–water partition coefficient (Wildman–Crippen LogP) is 0.612. The summed E-state index contributed by atoms with van der Waals surface area (Å²) < 4.78 is 0. The Hall–Kier alpha value is -1.20. The smallest absolute Gasteiger partial charge is 0.151 e. The van der Waals surface area contributed by atoms with Crippen LogP contribution < -0.4 is 0 Å². The summed E-state index contributed by atoms with van der Waals surface area (Å²) in [6.07, 6.45) is -1.34. The Labute approximate surface area is 44.2 Å². The Balaban J connectivity index is 3.50. The molecule has 6 heteroatoms. The van der Waals surface area contributed by atoms with Gasteiger partial charge in [-0.05, 0) is 10.4 Å². The summed E-state index contributed by atoms with van der Waals surface area (Å²) in [4.78, 5) is 28.1. The van der Waals surface area contributed by atoms with Gasteiger partial charge in [-0.15, -0.1) is 9.81 Å². The zero-order valence-corrected chi connectivity index (χ0v) is 3.85. The van der Waals surface area contributed by atoms with Crippen molar-refractivity contribution in [2.45, 2.75) is 6.17 Å². The molecule has 6 nitrogen and oxygen atoms in total. The van der Waals surface area contributed by atoms with Crippen LogP contribution in [0.25, 0.3) is 0 Å². The molecule has 0 aromatic heterocycles. The Bertz CT molecular complexity index is 94.7. The summed E-state index contributed by atoms with van der Waals surface area (Å²) >= 11 is 0. The lowest BCUT2D eigenvalue weighted by Gasteiger charge is -1.84. The van der Waals surface area contributed by atoms with Crippen LogP contribution in [-0.2, 0) is 0 Å². The maximum absolute atomic E-state index is 9.38. The van der Waals surface area contributed by atoms with Crippen LogP contribution in [0.2, 0.25) is 0 Å². The molecule has 0 radical (unpaired) electrons. The molecule has 0 aromatic carbocycles. The highest BCUT2D eigenvalue weighted by molar-refractivity contribution is 4.62. The quantitative estimate of drug-likeness (QED) is 0.505. The number of nitroso groups, excluding NO2 is 3. The van der Waals surface area contributed by atoms with Crippen LogP contribution in [0.5, 0.6) is 0 Å². The molecule has 0 saturated carbocycles. The van der Waals surface area contributed by atoms with Gasteiger partial charge in [-0.3, -0.25) is 0 Å². The number of hydrogen-bond donors (Lipinski definition) is 0. The minimum Gasteiger partial charge on any atom is -0.151 e. The first-order chi connectivity index (χ1) is 3.85. The lowest BCUT2D eigenvalue weighted by Crippen LogP contribution is -2.01. The molecule has 0 rings (SSSR count). The minimum absolute atomic E-state index is 0.465. The van der Waals surface area contributed by atoms with Crippen molar-refractivity contribution in [1.29, 1.82) is 0 Å². The van der Waals surface area contributed by atoms with E-state index in [4.69, 9.17) is 0 Å². The molecule has 0 heterocycles. The van der Waals surface area contributed by atoms with E-state index < -0.39 is 12.7 Å². The van der Waals surface area contributed by atoms with E-state index in [1.54, 1.807) is 0 Å². The average Bonchev–Trinajstić information content (AvgIpc) is 1.83. The van der Waals surface area contributed by atoms with Crippen molar-refractivity contribution in [1.82, 2.24) is 0 Å². The monoisotopic (exact) mass is 117 g/mol. The van der Waals surface area contributed by atoms with E-state index in [0.717, 1.165) is 0 Å². The van der Waals surface area contributed by atoms with Gasteiger partial charge in [-0.2, -0.15) is 4.91 Å². The zero-order chi connectivity index (χ0) is 6.41. The molecule has 0 aliphatic rings. The molecule has 0 amide bonds. The van der Waals surface area contributed by atoms with E-state index in [0.29, 0.717) is 0 Å². The highest BCUT2D eigenvalue weighted by Crippen LogP contribution is 1.90. The van der Waals surface area contributed by atoms with Gasteiger partial charge >= 0.3 is 0 Å². The average molecular weight is 117 g/mol. The van der Waals surface area contributed by atoms with E-state index in [1.165, 1.54) is 0 Å². The number of rotatable bonds is 4. The second-order valence-electron chi connectivity index (χ2n) is 1.00. The molecule has 0 aromatic rings. The van der Waals surface area contributed by atoms with Crippen LogP contribution in [0.15, 0.2) is 15.5 Å². The van der Waals surface area contributed by atoms with Crippen molar-refractivity contribution in [3.05, 3.63) is 14.7 Å². The van der Waals surface area contributed by atoms with Gasteiger partial charge in [0.25, 0.3) is 0 Å². The van der Waals surface area contributed by atoms with Crippen LogP contribution in [0.3, 0.4) is 0 Å². The SMILES string of the molecule is O=NCC(N=O)N=O. The molecule has 0 aliphatic carbocycles. The number of nitrogens with zero attached hydrogens (tertiary/aromatic N) is 3. The Morgan fingerprint density at radius 3 is 1.75 bits per heavy atom. The molecule has 8 heavy (non-hydrogen) atoms. The van der Waals surface area contributed by atoms with Crippen LogP contribution in [0.1, 0.15) is 0 Å². The largest absolute Gasteiger partial charge is 0.245 e. The molecule has 0 aliphatic heterocycles. The van der Waals surface area contributed by atoms with Crippen molar-refractivity contribution in [3.63, 3.8) is 0 Å². The molecule has 0 bridgehead atoms. The lowest BCUT2D eigenvalue weighted by atomic mass is 10.6.